The molecule has 2 heteroatoms. The van der Waals surface area contributed by atoms with Crippen LogP contribution in [-0.2, 0) is 0 Å². The monoisotopic (exact) mass is 238 g/mol. The summed E-state index contributed by atoms with van der Waals surface area (Å²) >= 11 is 0. The first-order valence-electron chi connectivity index (χ1n) is 7.56. The van der Waals surface area contributed by atoms with Gasteiger partial charge in [-0.05, 0) is 56.0 Å². The number of hydrogen-bond acceptors (Lipinski definition) is 2. The van der Waals surface area contributed by atoms with E-state index in [1.165, 1.54) is 38.8 Å². The summed E-state index contributed by atoms with van der Waals surface area (Å²) in [5, 5.41) is 0. The van der Waals surface area contributed by atoms with Gasteiger partial charge in [-0.1, -0.05) is 27.2 Å². The first kappa shape index (κ1) is 13.4. The molecule has 2 fully saturated rings. The molecule has 0 aromatic carbocycles. The normalized spacial score (nSPS) is 44.8. The van der Waals surface area contributed by atoms with Crippen LogP contribution in [0, 0.1) is 23.7 Å². The third-order valence-electron chi connectivity index (χ3n) is 5.36. The Hall–Kier alpha value is -0.0800. The number of piperidine rings is 1. The lowest BCUT2D eigenvalue weighted by molar-refractivity contribution is 0.0354. The van der Waals surface area contributed by atoms with Gasteiger partial charge in [0, 0.05) is 12.6 Å². The molecule has 2 rings (SSSR count). The largest absolute Gasteiger partial charge is 0.330 e. The molecule has 0 amide bonds. The Morgan fingerprint density at radius 3 is 2.47 bits per heavy atom. The molecular weight excluding hydrogens is 208 g/mol. The summed E-state index contributed by atoms with van der Waals surface area (Å²) < 4.78 is 0. The van der Waals surface area contributed by atoms with Gasteiger partial charge in [0.15, 0.2) is 0 Å². The average molecular weight is 238 g/mol. The number of nitrogens with zero attached hydrogens (tertiary/aromatic N) is 1. The molecule has 1 heterocycles. The number of rotatable bonds is 2. The Kier molecular flexibility index (Phi) is 4.48. The summed E-state index contributed by atoms with van der Waals surface area (Å²) in [6.45, 7) is 10.7. The molecule has 1 saturated carbocycles. The highest BCUT2D eigenvalue weighted by atomic mass is 15.2. The molecule has 1 aliphatic heterocycles. The lowest BCUT2D eigenvalue weighted by atomic mass is 9.76. The Bertz CT molecular complexity index is 241. The molecule has 2 N–H and O–H groups in total. The van der Waals surface area contributed by atoms with E-state index in [-0.39, 0.29) is 0 Å². The zero-order valence-electron chi connectivity index (χ0n) is 11.9. The Morgan fingerprint density at radius 2 is 1.82 bits per heavy atom. The van der Waals surface area contributed by atoms with Crippen molar-refractivity contribution < 1.29 is 0 Å². The van der Waals surface area contributed by atoms with E-state index >= 15 is 0 Å². The minimum atomic E-state index is 0.756. The highest BCUT2D eigenvalue weighted by Crippen LogP contribution is 2.34. The molecule has 2 aliphatic rings. The SMILES string of the molecule is CC1CCC(CN)C(N2CCC(C)C(C)C2)C1. The second kappa shape index (κ2) is 5.71. The van der Waals surface area contributed by atoms with Crippen LogP contribution in [0.4, 0.5) is 0 Å². The minimum absolute atomic E-state index is 0.756. The second-order valence-corrected chi connectivity index (χ2v) is 6.72. The molecule has 100 valence electrons. The van der Waals surface area contributed by atoms with Crippen LogP contribution in [0.2, 0.25) is 0 Å². The van der Waals surface area contributed by atoms with Crippen molar-refractivity contribution in [1.82, 2.24) is 4.90 Å². The topological polar surface area (TPSA) is 29.3 Å². The maximum atomic E-state index is 5.98. The van der Waals surface area contributed by atoms with E-state index in [0.29, 0.717) is 0 Å². The summed E-state index contributed by atoms with van der Waals surface area (Å²) in [6, 6.07) is 0.777. The Balaban J connectivity index is 1.98. The van der Waals surface area contributed by atoms with Crippen LogP contribution in [0.15, 0.2) is 0 Å². The minimum Gasteiger partial charge on any atom is -0.330 e. The first-order valence-corrected chi connectivity index (χ1v) is 7.56. The van der Waals surface area contributed by atoms with Crippen molar-refractivity contribution in [2.75, 3.05) is 19.6 Å². The van der Waals surface area contributed by atoms with Crippen molar-refractivity contribution in [2.45, 2.75) is 52.5 Å². The fourth-order valence-electron chi connectivity index (χ4n) is 3.73. The fraction of sp³-hybridized carbons (Fsp3) is 1.00. The van der Waals surface area contributed by atoms with Crippen LogP contribution in [0.3, 0.4) is 0 Å². The molecule has 0 aromatic heterocycles. The molecule has 0 spiro atoms. The Labute approximate surface area is 107 Å². The van der Waals surface area contributed by atoms with E-state index in [1.807, 2.05) is 0 Å². The molecule has 0 aromatic rings. The summed E-state index contributed by atoms with van der Waals surface area (Å²) in [5.41, 5.74) is 5.98. The van der Waals surface area contributed by atoms with Crippen LogP contribution >= 0.6 is 0 Å². The summed E-state index contributed by atoms with van der Waals surface area (Å²) in [5.74, 6) is 3.42. The van der Waals surface area contributed by atoms with Crippen LogP contribution in [0.1, 0.15) is 46.5 Å². The lowest BCUT2D eigenvalue weighted by Crippen LogP contribution is -2.51. The van der Waals surface area contributed by atoms with E-state index in [2.05, 4.69) is 25.7 Å². The van der Waals surface area contributed by atoms with Gasteiger partial charge in [-0.25, -0.2) is 0 Å². The van der Waals surface area contributed by atoms with Gasteiger partial charge in [0.1, 0.15) is 0 Å². The standard InChI is InChI=1S/C15H30N2/c1-11-4-5-14(9-16)15(8-11)17-7-6-12(2)13(3)10-17/h11-15H,4-10,16H2,1-3H3. The smallest absolute Gasteiger partial charge is 0.0138 e. The van der Waals surface area contributed by atoms with E-state index in [1.54, 1.807) is 0 Å². The fourth-order valence-corrected chi connectivity index (χ4v) is 3.73. The summed E-state index contributed by atoms with van der Waals surface area (Å²) in [6.07, 6.45) is 5.49. The summed E-state index contributed by atoms with van der Waals surface area (Å²) in [7, 11) is 0. The van der Waals surface area contributed by atoms with Gasteiger partial charge >= 0.3 is 0 Å². The van der Waals surface area contributed by atoms with Crippen LogP contribution in [-0.4, -0.2) is 30.6 Å². The second-order valence-electron chi connectivity index (χ2n) is 6.72. The molecule has 1 saturated heterocycles. The van der Waals surface area contributed by atoms with Gasteiger partial charge in [-0.15, -0.1) is 0 Å². The van der Waals surface area contributed by atoms with Gasteiger partial charge in [-0.3, -0.25) is 4.90 Å². The highest BCUT2D eigenvalue weighted by Gasteiger charge is 2.35. The van der Waals surface area contributed by atoms with Crippen molar-refractivity contribution in [2.24, 2.45) is 29.4 Å². The maximum absolute atomic E-state index is 5.98. The van der Waals surface area contributed by atoms with E-state index < -0.39 is 0 Å². The average Bonchev–Trinajstić information content (AvgIpc) is 2.32. The molecule has 5 unspecified atom stereocenters. The van der Waals surface area contributed by atoms with Crippen LogP contribution < -0.4 is 5.73 Å². The van der Waals surface area contributed by atoms with Crippen LogP contribution in [0.25, 0.3) is 0 Å². The van der Waals surface area contributed by atoms with Crippen molar-refractivity contribution in [1.29, 1.82) is 0 Å². The molecular formula is C15H30N2. The van der Waals surface area contributed by atoms with Gasteiger partial charge in [0.2, 0.25) is 0 Å². The third-order valence-corrected chi connectivity index (χ3v) is 5.36. The maximum Gasteiger partial charge on any atom is 0.0138 e. The predicted octanol–water partition coefficient (Wildman–Crippen LogP) is 2.73. The molecule has 1 aliphatic carbocycles. The molecule has 5 atom stereocenters. The van der Waals surface area contributed by atoms with Gasteiger partial charge < -0.3 is 5.73 Å². The van der Waals surface area contributed by atoms with E-state index in [4.69, 9.17) is 5.73 Å². The van der Waals surface area contributed by atoms with Crippen molar-refractivity contribution >= 4 is 0 Å². The third kappa shape index (κ3) is 3.03. The van der Waals surface area contributed by atoms with Crippen molar-refractivity contribution in [3.8, 4) is 0 Å². The first-order chi connectivity index (χ1) is 8.11. The lowest BCUT2D eigenvalue weighted by Gasteiger charge is -2.46. The van der Waals surface area contributed by atoms with Gasteiger partial charge in [0.05, 0.1) is 0 Å². The Morgan fingerprint density at radius 1 is 1.06 bits per heavy atom. The number of likely N-dealkylation sites (tertiary alicyclic amines) is 1. The van der Waals surface area contributed by atoms with Crippen molar-refractivity contribution in [3.05, 3.63) is 0 Å². The summed E-state index contributed by atoms with van der Waals surface area (Å²) in [4.78, 5) is 2.76. The molecule has 17 heavy (non-hydrogen) atoms. The highest BCUT2D eigenvalue weighted by molar-refractivity contribution is 4.89. The molecule has 0 bridgehead atoms. The van der Waals surface area contributed by atoms with Crippen molar-refractivity contribution in [3.63, 3.8) is 0 Å². The zero-order valence-corrected chi connectivity index (χ0v) is 11.9. The van der Waals surface area contributed by atoms with Gasteiger partial charge in [-0.2, -0.15) is 0 Å². The number of nitrogens with two attached hydrogens (primary N) is 1. The predicted molar refractivity (Wildman–Crippen MR) is 73.9 cm³/mol. The molecule has 0 radical (unpaired) electrons. The number of hydrogen-bond donors (Lipinski definition) is 1. The zero-order chi connectivity index (χ0) is 12.4. The quantitative estimate of drug-likeness (QED) is 0.801. The van der Waals surface area contributed by atoms with E-state index in [9.17, 15) is 0 Å². The van der Waals surface area contributed by atoms with Gasteiger partial charge in [0.25, 0.3) is 0 Å². The molecule has 2 nitrogen and oxygen atoms in total. The van der Waals surface area contributed by atoms with Crippen LogP contribution in [0.5, 0.6) is 0 Å². The van der Waals surface area contributed by atoms with E-state index in [0.717, 1.165) is 36.3 Å².